The molecule has 8 heteroatoms. The Morgan fingerprint density at radius 2 is 2.41 bits per heavy atom. The molecule has 0 saturated carbocycles. The molecule has 0 radical (unpaired) electrons. The number of aromatic nitrogens is 1. The van der Waals surface area contributed by atoms with Crippen LogP contribution in [0.4, 0.5) is 5.69 Å². The minimum absolute atomic E-state index is 0.00404. The average molecular weight is 260 g/mol. The van der Waals surface area contributed by atoms with E-state index in [2.05, 4.69) is 10.3 Å². The van der Waals surface area contributed by atoms with Crippen molar-refractivity contribution >= 4 is 23.2 Å². The molecule has 0 aromatic carbocycles. The second-order valence-corrected chi connectivity index (χ2v) is 3.67. The van der Waals surface area contributed by atoms with Crippen LogP contribution in [-0.2, 0) is 0 Å². The van der Waals surface area contributed by atoms with Gasteiger partial charge in [0.1, 0.15) is 5.56 Å². The van der Waals surface area contributed by atoms with E-state index < -0.39 is 22.6 Å². The topological polar surface area (TPSA) is 105 Å². The highest BCUT2D eigenvalue weighted by molar-refractivity contribution is 6.32. The molecule has 1 aromatic rings. The summed E-state index contributed by atoms with van der Waals surface area (Å²) in [6, 6.07) is 1.20. The van der Waals surface area contributed by atoms with Gasteiger partial charge in [-0.2, -0.15) is 0 Å². The number of halogens is 1. The summed E-state index contributed by atoms with van der Waals surface area (Å²) in [4.78, 5) is 25.1. The molecule has 0 aliphatic heterocycles. The summed E-state index contributed by atoms with van der Waals surface area (Å²) in [5.41, 5.74) is -0.729. The number of nitrogens with zero attached hydrogens (tertiary/aromatic N) is 2. The highest BCUT2D eigenvalue weighted by Crippen LogP contribution is 2.25. The number of amides is 1. The Balaban J connectivity index is 3.01. The maximum Gasteiger partial charge on any atom is 0.319 e. The molecule has 1 amide bonds. The van der Waals surface area contributed by atoms with E-state index in [9.17, 15) is 14.9 Å². The summed E-state index contributed by atoms with van der Waals surface area (Å²) in [6.07, 6.45) is 0.461. The molecule has 17 heavy (non-hydrogen) atoms. The maximum atomic E-state index is 11.6. The van der Waals surface area contributed by atoms with Crippen molar-refractivity contribution in [3.63, 3.8) is 0 Å². The normalized spacial score (nSPS) is 11.9. The van der Waals surface area contributed by atoms with E-state index in [-0.39, 0.29) is 17.3 Å². The first kappa shape index (κ1) is 13.3. The number of nitro groups is 1. The van der Waals surface area contributed by atoms with Crippen molar-refractivity contribution in [1.82, 2.24) is 10.3 Å². The largest absolute Gasteiger partial charge is 0.392 e. The third kappa shape index (κ3) is 3.36. The molecule has 1 heterocycles. The fourth-order valence-corrected chi connectivity index (χ4v) is 1.35. The van der Waals surface area contributed by atoms with Gasteiger partial charge in [-0.1, -0.05) is 11.6 Å². The monoisotopic (exact) mass is 259 g/mol. The second kappa shape index (κ2) is 5.55. The van der Waals surface area contributed by atoms with Gasteiger partial charge in [0, 0.05) is 12.7 Å². The Hall–Kier alpha value is -1.73. The number of pyridine rings is 1. The van der Waals surface area contributed by atoms with Crippen LogP contribution in [0, 0.1) is 10.1 Å². The SMILES string of the molecule is CC(O)CNC(=O)c1ccnc(Cl)c1[N+](=O)[O-]. The van der Waals surface area contributed by atoms with Crippen LogP contribution >= 0.6 is 11.6 Å². The minimum Gasteiger partial charge on any atom is -0.392 e. The van der Waals surface area contributed by atoms with Crippen molar-refractivity contribution in [2.45, 2.75) is 13.0 Å². The van der Waals surface area contributed by atoms with E-state index in [0.717, 1.165) is 0 Å². The van der Waals surface area contributed by atoms with Gasteiger partial charge in [0.05, 0.1) is 11.0 Å². The smallest absolute Gasteiger partial charge is 0.319 e. The lowest BCUT2D eigenvalue weighted by atomic mass is 10.2. The van der Waals surface area contributed by atoms with Crippen LogP contribution in [0.25, 0.3) is 0 Å². The molecular weight excluding hydrogens is 250 g/mol. The molecule has 1 unspecified atom stereocenters. The van der Waals surface area contributed by atoms with Gasteiger partial charge in [-0.15, -0.1) is 0 Å². The van der Waals surface area contributed by atoms with E-state index in [4.69, 9.17) is 16.7 Å². The molecule has 7 nitrogen and oxygen atoms in total. The number of carbonyl (C=O) groups excluding carboxylic acids is 1. The van der Waals surface area contributed by atoms with E-state index in [1.165, 1.54) is 19.2 Å². The predicted octanol–water partition coefficient (Wildman–Crippen LogP) is 0.754. The van der Waals surface area contributed by atoms with Gasteiger partial charge in [0.2, 0.25) is 5.15 Å². The first-order valence-corrected chi connectivity index (χ1v) is 5.06. The van der Waals surface area contributed by atoms with Gasteiger partial charge in [-0.25, -0.2) is 4.98 Å². The van der Waals surface area contributed by atoms with Crippen LogP contribution in [0.5, 0.6) is 0 Å². The molecule has 92 valence electrons. The lowest BCUT2D eigenvalue weighted by Gasteiger charge is -2.07. The number of hydrogen-bond donors (Lipinski definition) is 2. The van der Waals surface area contributed by atoms with Crippen LogP contribution in [0.3, 0.4) is 0 Å². The zero-order valence-corrected chi connectivity index (χ0v) is 9.64. The van der Waals surface area contributed by atoms with Crippen LogP contribution in [0.15, 0.2) is 12.3 Å². The molecule has 1 aromatic heterocycles. The Labute approximate surface area is 102 Å². The molecule has 1 rings (SSSR count). The Bertz CT molecular complexity index is 450. The van der Waals surface area contributed by atoms with Gasteiger partial charge in [-0.3, -0.25) is 14.9 Å². The van der Waals surface area contributed by atoms with Gasteiger partial charge in [0.25, 0.3) is 5.91 Å². The number of carbonyl (C=O) groups is 1. The molecular formula is C9H10ClN3O4. The van der Waals surface area contributed by atoms with Crippen LogP contribution in [-0.4, -0.2) is 33.6 Å². The first-order valence-electron chi connectivity index (χ1n) is 4.68. The van der Waals surface area contributed by atoms with Gasteiger partial charge >= 0.3 is 5.69 Å². The number of hydrogen-bond acceptors (Lipinski definition) is 5. The zero-order chi connectivity index (χ0) is 13.0. The van der Waals surface area contributed by atoms with Crippen LogP contribution in [0.2, 0.25) is 5.15 Å². The van der Waals surface area contributed by atoms with Gasteiger partial charge < -0.3 is 10.4 Å². The summed E-state index contributed by atoms with van der Waals surface area (Å²) >= 11 is 5.55. The molecule has 0 spiro atoms. The molecule has 1 atom stereocenters. The molecule has 0 aliphatic carbocycles. The lowest BCUT2D eigenvalue weighted by Crippen LogP contribution is -2.31. The third-order valence-corrected chi connectivity index (χ3v) is 2.14. The zero-order valence-electron chi connectivity index (χ0n) is 8.88. The highest BCUT2D eigenvalue weighted by Gasteiger charge is 2.24. The summed E-state index contributed by atoms with van der Waals surface area (Å²) in [5, 5.41) is 21.7. The predicted molar refractivity (Wildman–Crippen MR) is 59.9 cm³/mol. The van der Waals surface area contributed by atoms with Crippen molar-refractivity contribution in [2.75, 3.05) is 6.54 Å². The number of aliphatic hydroxyl groups is 1. The summed E-state index contributed by atoms with van der Waals surface area (Å²) in [6.45, 7) is 1.48. The summed E-state index contributed by atoms with van der Waals surface area (Å²) in [7, 11) is 0. The second-order valence-electron chi connectivity index (χ2n) is 3.31. The van der Waals surface area contributed by atoms with Crippen LogP contribution in [0.1, 0.15) is 17.3 Å². The first-order chi connectivity index (χ1) is 7.93. The van der Waals surface area contributed by atoms with Gasteiger partial charge in [0.15, 0.2) is 0 Å². The number of nitrogens with one attached hydrogen (secondary N) is 1. The number of rotatable bonds is 4. The average Bonchev–Trinajstić information content (AvgIpc) is 2.24. The van der Waals surface area contributed by atoms with E-state index in [1.807, 2.05) is 0 Å². The third-order valence-electron chi connectivity index (χ3n) is 1.86. The van der Waals surface area contributed by atoms with E-state index >= 15 is 0 Å². The molecule has 0 aliphatic rings. The van der Waals surface area contributed by atoms with Crippen LogP contribution < -0.4 is 5.32 Å². The molecule has 2 N–H and O–H groups in total. The Kier molecular flexibility index (Phi) is 4.36. The summed E-state index contributed by atoms with van der Waals surface area (Å²) < 4.78 is 0. The Morgan fingerprint density at radius 1 is 1.76 bits per heavy atom. The molecule has 0 saturated heterocycles. The molecule has 0 bridgehead atoms. The number of aliphatic hydroxyl groups excluding tert-OH is 1. The van der Waals surface area contributed by atoms with Crippen molar-refractivity contribution in [3.05, 3.63) is 33.1 Å². The van der Waals surface area contributed by atoms with Crippen molar-refractivity contribution in [2.24, 2.45) is 0 Å². The van der Waals surface area contributed by atoms with E-state index in [1.54, 1.807) is 0 Å². The van der Waals surface area contributed by atoms with Crippen molar-refractivity contribution in [3.8, 4) is 0 Å². The quantitative estimate of drug-likeness (QED) is 0.472. The van der Waals surface area contributed by atoms with Gasteiger partial charge in [-0.05, 0) is 13.0 Å². The maximum absolute atomic E-state index is 11.6. The fraction of sp³-hybridized carbons (Fsp3) is 0.333. The van der Waals surface area contributed by atoms with E-state index in [0.29, 0.717) is 0 Å². The van der Waals surface area contributed by atoms with Crippen molar-refractivity contribution in [1.29, 1.82) is 0 Å². The molecule has 0 fully saturated rings. The standard InChI is InChI=1S/C9H10ClN3O4/c1-5(14)4-12-9(15)6-2-3-11-8(10)7(6)13(16)17/h2-3,5,14H,4H2,1H3,(H,12,15). The van der Waals surface area contributed by atoms with Crippen molar-refractivity contribution < 1.29 is 14.8 Å². The summed E-state index contributed by atoms with van der Waals surface area (Å²) in [5.74, 6) is -0.679. The Morgan fingerprint density at radius 3 is 2.94 bits per heavy atom. The lowest BCUT2D eigenvalue weighted by molar-refractivity contribution is -0.385. The highest BCUT2D eigenvalue weighted by atomic mass is 35.5. The minimum atomic E-state index is -0.771. The fourth-order valence-electron chi connectivity index (χ4n) is 1.12.